The third-order valence-electron chi connectivity index (χ3n) is 8.37. The topological polar surface area (TPSA) is 34.2 Å². The van der Waals surface area contributed by atoms with Crippen LogP contribution in [0.25, 0.3) is 60.3 Å². The Morgan fingerprint density at radius 3 is 2.05 bits per heavy atom. The molecule has 0 saturated heterocycles. The van der Waals surface area contributed by atoms with Gasteiger partial charge in [0.15, 0.2) is 5.58 Å². The Hall–Kier alpha value is -5.87. The minimum Gasteiger partial charge on any atom is -0.454 e. The van der Waals surface area contributed by atoms with Crippen molar-refractivity contribution in [2.45, 2.75) is 0 Å². The molecule has 0 saturated carbocycles. The summed E-state index contributed by atoms with van der Waals surface area (Å²) in [6.45, 7) is 0. The molecule has 0 radical (unpaired) electrons. The highest BCUT2D eigenvalue weighted by atomic mass is 16.3. The molecule has 9 aromatic rings. The first-order chi connectivity index (χ1) is 21.3. The number of fused-ring (bicyclic) bond motifs is 8. The van der Waals surface area contributed by atoms with E-state index in [0.29, 0.717) is 0 Å². The quantitative estimate of drug-likeness (QED) is 0.218. The van der Waals surface area contributed by atoms with Gasteiger partial charge in [-0.05, 0) is 72.1 Å². The van der Waals surface area contributed by atoms with Crippen LogP contribution in [0.5, 0.6) is 0 Å². The summed E-state index contributed by atoms with van der Waals surface area (Å²) < 4.78 is 8.47. The molecule has 0 aliphatic heterocycles. The first-order valence-corrected chi connectivity index (χ1v) is 14.5. The van der Waals surface area contributed by atoms with E-state index in [1.807, 2.05) is 36.4 Å². The molecular weight excluding hydrogens is 526 g/mol. The summed E-state index contributed by atoms with van der Waals surface area (Å²) in [5.41, 5.74) is 8.10. The fourth-order valence-electron chi connectivity index (χ4n) is 6.45. The predicted molar refractivity (Wildman–Crippen MR) is 178 cm³/mol. The average molecular weight is 552 g/mol. The molecule has 0 bridgehead atoms. The number of rotatable bonds is 4. The molecule has 0 atom stereocenters. The second kappa shape index (κ2) is 9.33. The maximum absolute atomic E-state index is 6.07. The van der Waals surface area contributed by atoms with Crippen molar-refractivity contribution in [1.82, 2.24) is 9.55 Å². The summed E-state index contributed by atoms with van der Waals surface area (Å²) in [7, 11) is 0. The lowest BCUT2D eigenvalue weighted by Crippen LogP contribution is -2.11. The number of anilines is 3. The predicted octanol–water partition coefficient (Wildman–Crippen LogP) is 10.7. The van der Waals surface area contributed by atoms with Gasteiger partial charge in [0, 0.05) is 38.6 Å². The number of hydrogen-bond acceptors (Lipinski definition) is 3. The van der Waals surface area contributed by atoms with Crippen LogP contribution in [0.3, 0.4) is 0 Å². The molecular formula is C39H25N3O. The van der Waals surface area contributed by atoms with E-state index in [2.05, 4.69) is 125 Å². The van der Waals surface area contributed by atoms with Gasteiger partial charge in [-0.2, -0.15) is 0 Å². The summed E-state index contributed by atoms with van der Waals surface area (Å²) in [6.07, 6.45) is 0. The van der Waals surface area contributed by atoms with E-state index < -0.39 is 0 Å². The monoisotopic (exact) mass is 551 g/mol. The van der Waals surface area contributed by atoms with Gasteiger partial charge in [0.2, 0.25) is 0 Å². The van der Waals surface area contributed by atoms with Crippen molar-refractivity contribution < 1.29 is 4.42 Å². The molecule has 0 unspecified atom stereocenters. The van der Waals surface area contributed by atoms with E-state index in [-0.39, 0.29) is 0 Å². The molecule has 6 aromatic carbocycles. The molecule has 0 spiro atoms. The Labute approximate surface area is 247 Å². The Balaban J connectivity index is 1.24. The minimum atomic E-state index is 0.784. The fourth-order valence-corrected chi connectivity index (χ4v) is 6.45. The van der Waals surface area contributed by atoms with Gasteiger partial charge in [0.05, 0.1) is 11.0 Å². The number of hydrogen-bond donors (Lipinski definition) is 0. The second-order valence-corrected chi connectivity index (χ2v) is 10.8. The summed E-state index contributed by atoms with van der Waals surface area (Å²) >= 11 is 0. The van der Waals surface area contributed by atoms with E-state index >= 15 is 0 Å². The van der Waals surface area contributed by atoms with Crippen LogP contribution in [-0.4, -0.2) is 9.55 Å². The van der Waals surface area contributed by atoms with E-state index in [1.165, 1.54) is 32.6 Å². The molecule has 202 valence electrons. The third-order valence-corrected chi connectivity index (χ3v) is 8.37. The summed E-state index contributed by atoms with van der Waals surface area (Å²) in [4.78, 5) is 7.33. The van der Waals surface area contributed by atoms with E-state index in [0.717, 1.165) is 44.9 Å². The molecule has 3 aromatic heterocycles. The highest BCUT2D eigenvalue weighted by molar-refractivity contribution is 6.18. The van der Waals surface area contributed by atoms with Crippen molar-refractivity contribution in [2.24, 2.45) is 0 Å². The Bertz CT molecular complexity index is 2450. The van der Waals surface area contributed by atoms with Crippen LogP contribution in [0.4, 0.5) is 17.2 Å². The van der Waals surface area contributed by atoms with Gasteiger partial charge in [-0.3, -0.25) is 4.90 Å². The van der Waals surface area contributed by atoms with Crippen molar-refractivity contribution >= 4 is 71.8 Å². The number of benzene rings is 6. The van der Waals surface area contributed by atoms with Crippen molar-refractivity contribution in [1.29, 1.82) is 0 Å². The van der Waals surface area contributed by atoms with E-state index in [9.17, 15) is 0 Å². The summed E-state index contributed by atoms with van der Waals surface area (Å²) in [6, 6.07) is 53.1. The maximum Gasteiger partial charge on any atom is 0.154 e. The fraction of sp³-hybridized carbons (Fsp3) is 0. The summed E-state index contributed by atoms with van der Waals surface area (Å²) in [5, 5.41) is 6.01. The van der Waals surface area contributed by atoms with Crippen LogP contribution in [0.15, 0.2) is 156 Å². The number of para-hydroxylation sites is 3. The number of pyridine rings is 1. The number of aromatic nitrogens is 2. The molecule has 0 amide bonds. The molecule has 43 heavy (non-hydrogen) atoms. The molecule has 4 heteroatoms. The number of furan rings is 1. The molecule has 0 aliphatic rings. The van der Waals surface area contributed by atoms with Gasteiger partial charge >= 0.3 is 0 Å². The molecule has 0 aliphatic carbocycles. The number of nitrogens with zero attached hydrogens (tertiary/aromatic N) is 3. The van der Waals surface area contributed by atoms with Gasteiger partial charge in [0.1, 0.15) is 16.9 Å². The van der Waals surface area contributed by atoms with Gasteiger partial charge in [-0.15, -0.1) is 0 Å². The van der Waals surface area contributed by atoms with Crippen molar-refractivity contribution in [2.75, 3.05) is 4.90 Å². The second-order valence-electron chi connectivity index (χ2n) is 10.8. The maximum atomic E-state index is 6.07. The zero-order chi connectivity index (χ0) is 28.3. The molecule has 3 heterocycles. The van der Waals surface area contributed by atoms with Crippen molar-refractivity contribution in [3.63, 3.8) is 0 Å². The SMILES string of the molecule is c1ccc(N(c2ccc(-n3c4ccccc4c4ccc5ccccc5c43)cc2)c2ccc3oc4ccccc4c3n2)cc1. The lowest BCUT2D eigenvalue weighted by Gasteiger charge is -2.24. The minimum absolute atomic E-state index is 0.784. The lowest BCUT2D eigenvalue weighted by molar-refractivity contribution is 0.668. The van der Waals surface area contributed by atoms with E-state index in [4.69, 9.17) is 9.40 Å². The zero-order valence-corrected chi connectivity index (χ0v) is 23.2. The average Bonchev–Trinajstić information content (AvgIpc) is 3.62. The van der Waals surface area contributed by atoms with Crippen LogP contribution in [0.2, 0.25) is 0 Å². The van der Waals surface area contributed by atoms with Crippen LogP contribution >= 0.6 is 0 Å². The van der Waals surface area contributed by atoms with Crippen LogP contribution in [-0.2, 0) is 0 Å². The lowest BCUT2D eigenvalue weighted by atomic mass is 10.1. The Morgan fingerprint density at radius 2 is 1.19 bits per heavy atom. The van der Waals surface area contributed by atoms with Crippen molar-refractivity contribution in [3.8, 4) is 5.69 Å². The van der Waals surface area contributed by atoms with Gasteiger partial charge in [-0.1, -0.05) is 84.9 Å². The smallest absolute Gasteiger partial charge is 0.154 e. The standard InChI is InChI=1S/C39H25N3O/c1-2-11-27(12-3-1)41(37-25-24-36-38(40-37)33-15-7-9-17-35(33)43-36)28-19-21-29(22-20-28)42-34-16-8-6-14-31(34)32-23-18-26-10-4-5-13-30(26)39(32)42/h1-25H. The third kappa shape index (κ3) is 3.67. The summed E-state index contributed by atoms with van der Waals surface area (Å²) in [5.74, 6) is 0.834. The Kier molecular flexibility index (Phi) is 5.16. The Morgan fingerprint density at radius 1 is 0.488 bits per heavy atom. The molecule has 4 nitrogen and oxygen atoms in total. The van der Waals surface area contributed by atoms with Gasteiger partial charge in [-0.25, -0.2) is 4.98 Å². The molecule has 0 N–H and O–H groups in total. The van der Waals surface area contributed by atoms with Gasteiger partial charge < -0.3 is 8.98 Å². The van der Waals surface area contributed by atoms with Crippen LogP contribution in [0.1, 0.15) is 0 Å². The largest absolute Gasteiger partial charge is 0.454 e. The van der Waals surface area contributed by atoms with Crippen molar-refractivity contribution in [3.05, 3.63) is 152 Å². The van der Waals surface area contributed by atoms with Gasteiger partial charge in [0.25, 0.3) is 0 Å². The van der Waals surface area contributed by atoms with Crippen LogP contribution in [0, 0.1) is 0 Å². The molecule has 0 fully saturated rings. The molecule has 9 rings (SSSR count). The first kappa shape index (κ1) is 23.8. The van der Waals surface area contributed by atoms with E-state index in [1.54, 1.807) is 0 Å². The highest BCUT2D eigenvalue weighted by Gasteiger charge is 2.18. The van der Waals surface area contributed by atoms with Crippen LogP contribution < -0.4 is 4.90 Å². The zero-order valence-electron chi connectivity index (χ0n) is 23.2. The highest BCUT2D eigenvalue weighted by Crippen LogP contribution is 2.39. The first-order valence-electron chi connectivity index (χ1n) is 14.5. The normalized spacial score (nSPS) is 11.7.